The summed E-state index contributed by atoms with van der Waals surface area (Å²) in [7, 11) is 0. The number of nitrogens with zero attached hydrogens (tertiary/aromatic N) is 2. The number of hydrogen-bond acceptors (Lipinski definition) is 5. The van der Waals surface area contributed by atoms with E-state index in [1.165, 1.54) is 25.7 Å². The maximum atomic E-state index is 5.84. The maximum Gasteiger partial charge on any atom is 0.223 e. The van der Waals surface area contributed by atoms with Crippen molar-refractivity contribution >= 4 is 0 Å². The van der Waals surface area contributed by atoms with Crippen LogP contribution in [0.3, 0.4) is 0 Å². The molecule has 17 heavy (non-hydrogen) atoms. The monoisotopic (exact) mass is 237 g/mol. The van der Waals surface area contributed by atoms with Crippen LogP contribution >= 0.6 is 0 Å². The Morgan fingerprint density at radius 1 is 1.35 bits per heavy atom. The summed E-state index contributed by atoms with van der Waals surface area (Å²) in [5.74, 6) is 2.04. The van der Waals surface area contributed by atoms with E-state index in [2.05, 4.69) is 15.5 Å². The van der Waals surface area contributed by atoms with E-state index in [-0.39, 0.29) is 0 Å². The molecule has 2 fully saturated rings. The Hall–Kier alpha value is -0.940. The lowest BCUT2D eigenvalue weighted by atomic mass is 9.84. The average molecular weight is 237 g/mol. The van der Waals surface area contributed by atoms with Crippen LogP contribution in [0.1, 0.15) is 37.4 Å². The van der Waals surface area contributed by atoms with Crippen LogP contribution in [-0.2, 0) is 11.3 Å². The van der Waals surface area contributed by atoms with E-state index in [0.717, 1.165) is 12.4 Å². The number of aromatic nitrogens is 2. The van der Waals surface area contributed by atoms with E-state index in [0.29, 0.717) is 30.5 Å². The Morgan fingerprint density at radius 3 is 3.06 bits per heavy atom. The molecule has 3 rings (SSSR count). The van der Waals surface area contributed by atoms with Gasteiger partial charge in [-0.25, -0.2) is 0 Å². The van der Waals surface area contributed by atoms with Gasteiger partial charge < -0.3 is 14.6 Å². The zero-order valence-corrected chi connectivity index (χ0v) is 10.2. The molecule has 1 N–H and O–H groups in total. The van der Waals surface area contributed by atoms with Crippen molar-refractivity contribution in [1.82, 2.24) is 15.5 Å². The molecular formula is C12H19N3O2. The summed E-state index contributed by atoms with van der Waals surface area (Å²) in [4.78, 5) is 4.19. The van der Waals surface area contributed by atoms with Gasteiger partial charge >= 0.3 is 0 Å². The van der Waals surface area contributed by atoms with Crippen molar-refractivity contribution in [3.05, 3.63) is 11.7 Å². The smallest absolute Gasteiger partial charge is 0.223 e. The lowest BCUT2D eigenvalue weighted by Gasteiger charge is -2.27. The molecule has 1 saturated heterocycles. The molecule has 3 atom stereocenters. The predicted octanol–water partition coefficient (Wildman–Crippen LogP) is 1.43. The summed E-state index contributed by atoms with van der Waals surface area (Å²) < 4.78 is 10.8. The topological polar surface area (TPSA) is 60.2 Å². The van der Waals surface area contributed by atoms with E-state index < -0.39 is 0 Å². The van der Waals surface area contributed by atoms with Crippen molar-refractivity contribution in [3.8, 4) is 0 Å². The van der Waals surface area contributed by atoms with E-state index in [1.807, 2.05) is 6.92 Å². The summed E-state index contributed by atoms with van der Waals surface area (Å²) >= 11 is 0. The SMILES string of the molecule is Cc1nc(CNC2COC3CCCCC23)no1. The standard InChI is InChI=1S/C12H19N3O2/c1-8-14-12(15-17-8)6-13-10-7-16-11-5-3-2-4-9(10)11/h9-11,13H,2-7H2,1H3. The summed E-state index contributed by atoms with van der Waals surface area (Å²) in [5.41, 5.74) is 0. The van der Waals surface area contributed by atoms with Crippen LogP contribution in [0.4, 0.5) is 0 Å². The van der Waals surface area contributed by atoms with Gasteiger partial charge in [0.25, 0.3) is 0 Å². The molecule has 2 aliphatic rings. The second kappa shape index (κ2) is 4.74. The Kier molecular flexibility index (Phi) is 3.11. The second-order valence-electron chi connectivity index (χ2n) is 5.04. The summed E-state index contributed by atoms with van der Waals surface area (Å²) in [5, 5.41) is 7.39. The largest absolute Gasteiger partial charge is 0.376 e. The van der Waals surface area contributed by atoms with Crippen LogP contribution in [0.2, 0.25) is 0 Å². The van der Waals surface area contributed by atoms with Crippen molar-refractivity contribution in [3.63, 3.8) is 0 Å². The molecule has 0 amide bonds. The van der Waals surface area contributed by atoms with Gasteiger partial charge in [0, 0.05) is 18.9 Å². The number of hydrogen-bond donors (Lipinski definition) is 1. The van der Waals surface area contributed by atoms with E-state index in [1.54, 1.807) is 0 Å². The minimum Gasteiger partial charge on any atom is -0.376 e. The maximum absolute atomic E-state index is 5.84. The molecule has 1 saturated carbocycles. The number of fused-ring (bicyclic) bond motifs is 1. The molecule has 0 bridgehead atoms. The highest BCUT2D eigenvalue weighted by atomic mass is 16.5. The number of aryl methyl sites for hydroxylation is 1. The molecular weight excluding hydrogens is 218 g/mol. The summed E-state index contributed by atoms with van der Waals surface area (Å²) in [6.07, 6.45) is 5.65. The third kappa shape index (κ3) is 2.35. The van der Waals surface area contributed by atoms with Gasteiger partial charge in [-0.1, -0.05) is 18.0 Å². The van der Waals surface area contributed by atoms with Crippen LogP contribution in [0, 0.1) is 12.8 Å². The second-order valence-corrected chi connectivity index (χ2v) is 5.04. The minimum absolute atomic E-state index is 0.458. The normalized spacial score (nSPS) is 32.6. The highest BCUT2D eigenvalue weighted by Crippen LogP contribution is 2.34. The first-order valence-corrected chi connectivity index (χ1v) is 6.47. The molecule has 0 spiro atoms. The molecule has 1 aliphatic heterocycles. The summed E-state index contributed by atoms with van der Waals surface area (Å²) in [6, 6.07) is 0.458. The van der Waals surface area contributed by atoms with E-state index in [4.69, 9.17) is 9.26 Å². The van der Waals surface area contributed by atoms with Crippen molar-refractivity contribution in [2.45, 2.75) is 51.3 Å². The fourth-order valence-electron chi connectivity index (χ4n) is 2.99. The Morgan fingerprint density at radius 2 is 2.24 bits per heavy atom. The Bertz CT molecular complexity index is 380. The predicted molar refractivity (Wildman–Crippen MR) is 61.4 cm³/mol. The van der Waals surface area contributed by atoms with Gasteiger partial charge in [-0.05, 0) is 12.8 Å². The zero-order chi connectivity index (χ0) is 11.7. The molecule has 0 radical (unpaired) electrons. The van der Waals surface area contributed by atoms with Crippen LogP contribution in [0.5, 0.6) is 0 Å². The van der Waals surface area contributed by atoms with Gasteiger partial charge in [0.05, 0.1) is 19.3 Å². The van der Waals surface area contributed by atoms with Crippen molar-refractivity contribution < 1.29 is 9.26 Å². The van der Waals surface area contributed by atoms with Gasteiger partial charge in [-0.15, -0.1) is 0 Å². The highest BCUT2D eigenvalue weighted by molar-refractivity contribution is 4.92. The van der Waals surface area contributed by atoms with Crippen LogP contribution in [-0.4, -0.2) is 28.9 Å². The van der Waals surface area contributed by atoms with Gasteiger partial charge in [0.2, 0.25) is 5.89 Å². The Labute approximate surface area is 101 Å². The first-order valence-electron chi connectivity index (χ1n) is 6.47. The van der Waals surface area contributed by atoms with Gasteiger partial charge in [0.15, 0.2) is 5.82 Å². The molecule has 94 valence electrons. The zero-order valence-electron chi connectivity index (χ0n) is 10.2. The average Bonchev–Trinajstić information content (AvgIpc) is 2.93. The first-order chi connectivity index (χ1) is 8.33. The Balaban J connectivity index is 1.55. The summed E-state index contributed by atoms with van der Waals surface area (Å²) in [6.45, 7) is 3.31. The molecule has 5 nitrogen and oxygen atoms in total. The fraction of sp³-hybridized carbons (Fsp3) is 0.833. The van der Waals surface area contributed by atoms with Crippen molar-refractivity contribution in [2.75, 3.05) is 6.61 Å². The molecule has 5 heteroatoms. The number of rotatable bonds is 3. The van der Waals surface area contributed by atoms with Gasteiger partial charge in [-0.3, -0.25) is 0 Å². The molecule has 1 aromatic rings. The molecule has 2 heterocycles. The van der Waals surface area contributed by atoms with E-state index >= 15 is 0 Å². The molecule has 1 aliphatic carbocycles. The lowest BCUT2D eigenvalue weighted by molar-refractivity contribution is 0.0663. The van der Waals surface area contributed by atoms with Crippen molar-refractivity contribution in [1.29, 1.82) is 0 Å². The first kappa shape index (κ1) is 11.2. The minimum atomic E-state index is 0.458. The molecule has 1 aromatic heterocycles. The van der Waals surface area contributed by atoms with Crippen LogP contribution in [0.25, 0.3) is 0 Å². The fourth-order valence-corrected chi connectivity index (χ4v) is 2.99. The molecule has 3 unspecified atom stereocenters. The quantitative estimate of drug-likeness (QED) is 0.861. The lowest BCUT2D eigenvalue weighted by Crippen LogP contribution is -2.38. The molecule has 0 aromatic carbocycles. The van der Waals surface area contributed by atoms with E-state index in [9.17, 15) is 0 Å². The third-order valence-corrected chi connectivity index (χ3v) is 3.85. The number of nitrogens with one attached hydrogen (secondary N) is 1. The van der Waals surface area contributed by atoms with Crippen LogP contribution < -0.4 is 5.32 Å². The van der Waals surface area contributed by atoms with Gasteiger partial charge in [0.1, 0.15) is 0 Å². The van der Waals surface area contributed by atoms with Crippen molar-refractivity contribution in [2.24, 2.45) is 5.92 Å². The highest BCUT2D eigenvalue weighted by Gasteiger charge is 2.38. The third-order valence-electron chi connectivity index (χ3n) is 3.85. The number of ether oxygens (including phenoxy) is 1. The van der Waals surface area contributed by atoms with Gasteiger partial charge in [-0.2, -0.15) is 4.98 Å². The van der Waals surface area contributed by atoms with Crippen LogP contribution in [0.15, 0.2) is 4.52 Å².